The van der Waals surface area contributed by atoms with E-state index in [0.717, 1.165) is 12.1 Å². The van der Waals surface area contributed by atoms with Gasteiger partial charge in [-0.25, -0.2) is 9.18 Å². The zero-order valence-electron chi connectivity index (χ0n) is 13.0. The Morgan fingerprint density at radius 3 is 2.64 bits per heavy atom. The fraction of sp³-hybridized carbons (Fsp3) is 0.0556. The summed E-state index contributed by atoms with van der Waals surface area (Å²) in [5.74, 6) is -2.02. The Kier molecular flexibility index (Phi) is 4.30. The van der Waals surface area contributed by atoms with Gasteiger partial charge < -0.3 is 14.5 Å². The van der Waals surface area contributed by atoms with Crippen molar-refractivity contribution in [3.63, 3.8) is 0 Å². The van der Waals surface area contributed by atoms with Crippen LogP contribution in [-0.2, 0) is 4.74 Å². The maximum absolute atomic E-state index is 13.2. The molecule has 0 unspecified atom stereocenters. The van der Waals surface area contributed by atoms with Crippen LogP contribution in [0, 0.1) is 5.82 Å². The molecule has 0 aliphatic heterocycles. The van der Waals surface area contributed by atoms with Gasteiger partial charge in [-0.2, -0.15) is 0 Å². The van der Waals surface area contributed by atoms with Gasteiger partial charge in [-0.05, 0) is 36.4 Å². The van der Waals surface area contributed by atoms with Crippen LogP contribution in [0.25, 0.3) is 11.0 Å². The van der Waals surface area contributed by atoms with Crippen molar-refractivity contribution < 1.29 is 23.1 Å². The van der Waals surface area contributed by atoms with Gasteiger partial charge in [-0.15, -0.1) is 0 Å². The normalized spacial score (nSPS) is 10.5. The lowest BCUT2D eigenvalue weighted by Gasteiger charge is -2.07. The molecule has 25 heavy (non-hydrogen) atoms. The molecule has 6 nitrogen and oxygen atoms in total. The first kappa shape index (κ1) is 16.4. The fourth-order valence-electron chi connectivity index (χ4n) is 2.27. The highest BCUT2D eigenvalue weighted by Crippen LogP contribution is 2.19. The molecule has 0 saturated heterocycles. The molecule has 0 bridgehead atoms. The third kappa shape index (κ3) is 3.40. The molecule has 1 amide bonds. The van der Waals surface area contributed by atoms with Gasteiger partial charge in [0.2, 0.25) is 5.76 Å². The van der Waals surface area contributed by atoms with Crippen molar-refractivity contribution in [3.05, 3.63) is 75.9 Å². The number of amides is 1. The van der Waals surface area contributed by atoms with Crippen LogP contribution in [0.15, 0.2) is 57.7 Å². The van der Waals surface area contributed by atoms with Gasteiger partial charge in [0.1, 0.15) is 11.4 Å². The molecule has 1 N–H and O–H groups in total. The molecule has 1 heterocycles. The number of nitrogens with one attached hydrogen (secondary N) is 1. The summed E-state index contributed by atoms with van der Waals surface area (Å²) in [7, 11) is 1.18. The highest BCUT2D eigenvalue weighted by atomic mass is 19.1. The van der Waals surface area contributed by atoms with E-state index in [2.05, 4.69) is 10.1 Å². The Balaban J connectivity index is 1.94. The van der Waals surface area contributed by atoms with Crippen LogP contribution in [-0.4, -0.2) is 19.0 Å². The summed E-state index contributed by atoms with van der Waals surface area (Å²) in [6.07, 6.45) is 0. The Morgan fingerprint density at radius 2 is 1.92 bits per heavy atom. The van der Waals surface area contributed by atoms with Crippen LogP contribution in [0.3, 0.4) is 0 Å². The summed E-state index contributed by atoms with van der Waals surface area (Å²) in [4.78, 5) is 35.7. The highest BCUT2D eigenvalue weighted by molar-refractivity contribution is 6.05. The largest absolute Gasteiger partial charge is 0.463 e. The lowest BCUT2D eigenvalue weighted by Crippen LogP contribution is -2.13. The number of carbonyl (C=O) groups excluding carboxylic acids is 2. The Morgan fingerprint density at radius 1 is 1.12 bits per heavy atom. The lowest BCUT2D eigenvalue weighted by atomic mass is 10.1. The monoisotopic (exact) mass is 341 g/mol. The number of fused-ring (bicyclic) bond motifs is 1. The average Bonchev–Trinajstić information content (AvgIpc) is 2.61. The SMILES string of the molecule is COC(=O)c1cc(=O)c2cc(NC(=O)c3cccc(F)c3)ccc2o1. The van der Waals surface area contributed by atoms with E-state index in [-0.39, 0.29) is 22.3 Å². The topological polar surface area (TPSA) is 85.6 Å². The van der Waals surface area contributed by atoms with Crippen LogP contribution in [0.4, 0.5) is 10.1 Å². The number of esters is 1. The molecule has 0 aliphatic carbocycles. The Labute approximate surface area is 140 Å². The first-order chi connectivity index (χ1) is 12.0. The third-order valence-corrected chi connectivity index (χ3v) is 3.46. The van der Waals surface area contributed by atoms with Crippen LogP contribution in [0.1, 0.15) is 20.9 Å². The van der Waals surface area contributed by atoms with E-state index in [4.69, 9.17) is 4.42 Å². The number of halogens is 1. The van der Waals surface area contributed by atoms with Gasteiger partial charge in [0.25, 0.3) is 5.91 Å². The predicted octanol–water partition coefficient (Wildman–Crippen LogP) is 2.97. The smallest absolute Gasteiger partial charge is 0.374 e. The molecular weight excluding hydrogens is 329 g/mol. The van der Waals surface area contributed by atoms with Crippen molar-refractivity contribution in [1.29, 1.82) is 0 Å². The lowest BCUT2D eigenvalue weighted by molar-refractivity contribution is 0.0565. The van der Waals surface area contributed by atoms with Crippen molar-refractivity contribution in [2.24, 2.45) is 0 Å². The van der Waals surface area contributed by atoms with Crippen molar-refractivity contribution in [1.82, 2.24) is 0 Å². The number of anilines is 1. The van der Waals surface area contributed by atoms with E-state index >= 15 is 0 Å². The number of hydrogen-bond donors (Lipinski definition) is 1. The van der Waals surface area contributed by atoms with Crippen LogP contribution in [0.5, 0.6) is 0 Å². The van der Waals surface area contributed by atoms with Gasteiger partial charge >= 0.3 is 5.97 Å². The van der Waals surface area contributed by atoms with Crippen LogP contribution >= 0.6 is 0 Å². The van der Waals surface area contributed by atoms with Crippen LogP contribution < -0.4 is 10.7 Å². The van der Waals surface area contributed by atoms with Crippen molar-refractivity contribution in [2.45, 2.75) is 0 Å². The van der Waals surface area contributed by atoms with Gasteiger partial charge in [0.15, 0.2) is 5.43 Å². The number of methoxy groups -OCH3 is 1. The highest BCUT2D eigenvalue weighted by Gasteiger charge is 2.13. The second-order valence-corrected chi connectivity index (χ2v) is 5.14. The minimum absolute atomic E-state index is 0.146. The summed E-state index contributed by atoms with van der Waals surface area (Å²) < 4.78 is 23.0. The quantitative estimate of drug-likeness (QED) is 0.740. The minimum Gasteiger partial charge on any atom is -0.463 e. The summed E-state index contributed by atoms with van der Waals surface area (Å²) in [6.45, 7) is 0. The maximum atomic E-state index is 13.2. The Bertz CT molecular complexity index is 1040. The molecule has 7 heteroatoms. The predicted molar refractivity (Wildman–Crippen MR) is 88.2 cm³/mol. The number of rotatable bonds is 3. The zero-order valence-corrected chi connectivity index (χ0v) is 13.0. The van der Waals surface area contributed by atoms with E-state index < -0.39 is 23.1 Å². The third-order valence-electron chi connectivity index (χ3n) is 3.46. The van der Waals surface area contributed by atoms with E-state index in [1.807, 2.05) is 0 Å². The second kappa shape index (κ2) is 6.56. The zero-order chi connectivity index (χ0) is 18.0. The number of hydrogen-bond acceptors (Lipinski definition) is 5. The van der Waals surface area contributed by atoms with Crippen molar-refractivity contribution in [3.8, 4) is 0 Å². The minimum atomic E-state index is -0.762. The average molecular weight is 341 g/mol. The molecular formula is C18H12FNO5. The van der Waals surface area contributed by atoms with E-state index in [9.17, 15) is 18.8 Å². The summed E-state index contributed by atoms with van der Waals surface area (Å²) >= 11 is 0. The second-order valence-electron chi connectivity index (χ2n) is 5.14. The molecule has 0 atom stereocenters. The fourth-order valence-corrected chi connectivity index (χ4v) is 2.27. The summed E-state index contributed by atoms with van der Waals surface area (Å²) in [5, 5.41) is 2.76. The van der Waals surface area contributed by atoms with E-state index in [1.54, 1.807) is 0 Å². The molecule has 3 rings (SSSR count). The molecule has 2 aromatic carbocycles. The molecule has 1 aromatic heterocycles. The van der Waals surface area contributed by atoms with Gasteiger partial charge in [-0.3, -0.25) is 9.59 Å². The van der Waals surface area contributed by atoms with E-state index in [1.165, 1.54) is 43.5 Å². The van der Waals surface area contributed by atoms with Crippen molar-refractivity contribution >= 4 is 28.5 Å². The first-order valence-electron chi connectivity index (χ1n) is 7.21. The molecule has 0 fully saturated rings. The molecule has 0 aliphatic rings. The van der Waals surface area contributed by atoms with Gasteiger partial charge in [0.05, 0.1) is 12.5 Å². The number of ether oxygens (including phenoxy) is 1. The first-order valence-corrected chi connectivity index (χ1v) is 7.21. The Hall–Kier alpha value is -3.48. The molecule has 0 radical (unpaired) electrons. The summed E-state index contributed by atoms with van der Waals surface area (Å²) in [5.41, 5.74) is 0.202. The summed E-state index contributed by atoms with van der Waals surface area (Å²) in [6, 6.07) is 10.6. The molecule has 126 valence electrons. The standard InChI is InChI=1S/C18H12FNO5/c1-24-18(23)16-9-14(21)13-8-12(5-6-15(13)25-16)20-17(22)10-3-2-4-11(19)7-10/h2-9H,1H3,(H,20,22). The van der Waals surface area contributed by atoms with E-state index in [0.29, 0.717) is 5.69 Å². The number of carbonyl (C=O) groups is 2. The molecule has 0 spiro atoms. The van der Waals surface area contributed by atoms with Crippen LogP contribution in [0.2, 0.25) is 0 Å². The number of benzene rings is 2. The van der Waals surface area contributed by atoms with Gasteiger partial charge in [0, 0.05) is 17.3 Å². The van der Waals surface area contributed by atoms with Gasteiger partial charge in [-0.1, -0.05) is 6.07 Å². The maximum Gasteiger partial charge on any atom is 0.374 e. The molecule has 3 aromatic rings. The van der Waals surface area contributed by atoms with Crippen molar-refractivity contribution in [2.75, 3.05) is 12.4 Å². The molecule has 0 saturated carbocycles.